The number of rotatable bonds is 50. The van der Waals surface area contributed by atoms with Gasteiger partial charge >= 0.3 is 19.8 Å². The molecule has 0 saturated heterocycles. The molecule has 2 atom stereocenters. The minimum Gasteiger partial charge on any atom is -0.462 e. The van der Waals surface area contributed by atoms with E-state index in [0.717, 1.165) is 109 Å². The second-order valence-corrected chi connectivity index (χ2v) is 19.2. The van der Waals surface area contributed by atoms with Crippen LogP contribution in [0, 0.1) is 0 Å². The van der Waals surface area contributed by atoms with Crippen LogP contribution >= 0.6 is 7.82 Å². The molecule has 2 unspecified atom stereocenters. The second kappa shape index (κ2) is 54.0. The maximum atomic E-state index is 12.7. The second-order valence-electron chi connectivity index (χ2n) is 17.7. The van der Waals surface area contributed by atoms with Crippen LogP contribution in [0.25, 0.3) is 0 Å². The standard InChI is InChI=1S/C59H100NO8P/c1-3-5-7-9-11-13-15-17-18-19-20-21-22-23-24-25-26-27-28-29-30-31-32-33-34-35-36-37-38-40-42-44-46-48-50-52-59(62)68-57(56-67-69(63,64)66-54-53-60)55-65-58(61)51-49-47-45-43-41-39-16-14-12-10-8-6-4-2/h5,7-8,10-11,13-14,16-18,20-21,23-24,26-27,29-30,57H,3-4,6,9,12,15,19,22,25,28,31-56,60H2,1-2H3,(H,63,64)/b7-5-,10-8-,13-11-,16-14-,18-17-,21-20-,24-23-,27-26-,30-29-. The topological polar surface area (TPSA) is 134 Å². The number of phosphoric ester groups is 1. The maximum absolute atomic E-state index is 12.7. The lowest BCUT2D eigenvalue weighted by molar-refractivity contribution is -0.161. The zero-order valence-electron chi connectivity index (χ0n) is 43.8. The molecule has 0 spiro atoms. The molecule has 0 aromatic heterocycles. The lowest BCUT2D eigenvalue weighted by Crippen LogP contribution is -2.29. The first-order valence-electron chi connectivity index (χ1n) is 27.4. The summed E-state index contributed by atoms with van der Waals surface area (Å²) < 4.78 is 32.9. The fourth-order valence-corrected chi connectivity index (χ4v) is 7.89. The lowest BCUT2D eigenvalue weighted by Gasteiger charge is -2.19. The number of phosphoric acid groups is 1. The Labute approximate surface area is 422 Å². The summed E-state index contributed by atoms with van der Waals surface area (Å²) in [6.45, 7) is 3.53. The summed E-state index contributed by atoms with van der Waals surface area (Å²) in [6, 6.07) is 0. The Bertz CT molecular complexity index is 1490. The van der Waals surface area contributed by atoms with Gasteiger partial charge in [0, 0.05) is 19.4 Å². The molecule has 69 heavy (non-hydrogen) atoms. The summed E-state index contributed by atoms with van der Waals surface area (Å²) in [5.41, 5.74) is 5.37. The predicted molar refractivity (Wildman–Crippen MR) is 293 cm³/mol. The summed E-state index contributed by atoms with van der Waals surface area (Å²) in [6.07, 6.45) is 72.9. The van der Waals surface area contributed by atoms with Gasteiger partial charge in [-0.25, -0.2) is 4.57 Å². The van der Waals surface area contributed by atoms with Crippen LogP contribution in [0.15, 0.2) is 109 Å². The Morgan fingerprint density at radius 3 is 1.19 bits per heavy atom. The molecule has 0 fully saturated rings. The van der Waals surface area contributed by atoms with Gasteiger partial charge in [-0.1, -0.05) is 220 Å². The van der Waals surface area contributed by atoms with Crippen molar-refractivity contribution in [3.05, 3.63) is 109 Å². The number of carbonyl (C=O) groups is 2. The van der Waals surface area contributed by atoms with Gasteiger partial charge in [-0.05, 0) is 96.3 Å². The fourth-order valence-electron chi connectivity index (χ4n) is 7.12. The number of ether oxygens (including phenoxy) is 2. The van der Waals surface area contributed by atoms with Crippen molar-refractivity contribution < 1.29 is 37.6 Å². The molecule has 9 nitrogen and oxygen atoms in total. The lowest BCUT2D eigenvalue weighted by atomic mass is 10.0. The molecule has 3 N–H and O–H groups in total. The molecule has 0 bridgehead atoms. The van der Waals surface area contributed by atoms with Crippen LogP contribution in [0.3, 0.4) is 0 Å². The van der Waals surface area contributed by atoms with E-state index in [0.29, 0.717) is 12.8 Å². The van der Waals surface area contributed by atoms with Crippen molar-refractivity contribution in [2.24, 2.45) is 5.73 Å². The molecule has 0 heterocycles. The molecular weight excluding hydrogens is 882 g/mol. The summed E-state index contributed by atoms with van der Waals surface area (Å²) >= 11 is 0. The van der Waals surface area contributed by atoms with Gasteiger partial charge in [-0.2, -0.15) is 0 Å². The van der Waals surface area contributed by atoms with Gasteiger partial charge in [0.2, 0.25) is 0 Å². The third kappa shape index (κ3) is 53.9. The van der Waals surface area contributed by atoms with E-state index in [-0.39, 0.29) is 32.6 Å². The van der Waals surface area contributed by atoms with Crippen LogP contribution < -0.4 is 5.73 Å². The third-order valence-corrected chi connectivity index (χ3v) is 12.1. The van der Waals surface area contributed by atoms with Crippen LogP contribution in [0.4, 0.5) is 0 Å². The van der Waals surface area contributed by atoms with Crippen molar-refractivity contribution in [2.75, 3.05) is 26.4 Å². The summed E-state index contributed by atoms with van der Waals surface area (Å²) in [5, 5.41) is 0. The molecule has 10 heteroatoms. The Hall–Kier alpha value is -3.33. The number of hydrogen-bond acceptors (Lipinski definition) is 8. The highest BCUT2D eigenvalue weighted by atomic mass is 31.2. The Balaban J connectivity index is 3.94. The maximum Gasteiger partial charge on any atom is 0.472 e. The summed E-state index contributed by atoms with van der Waals surface area (Å²) in [7, 11) is -4.39. The molecule has 0 radical (unpaired) electrons. The smallest absolute Gasteiger partial charge is 0.462 e. The van der Waals surface area contributed by atoms with E-state index in [1.165, 1.54) is 70.6 Å². The van der Waals surface area contributed by atoms with Crippen molar-refractivity contribution in [3.8, 4) is 0 Å². The Kier molecular flexibility index (Phi) is 51.4. The normalized spacial score (nSPS) is 14.0. The first kappa shape index (κ1) is 65.7. The van der Waals surface area contributed by atoms with Crippen molar-refractivity contribution in [3.63, 3.8) is 0 Å². The average Bonchev–Trinajstić information content (AvgIpc) is 3.34. The molecular formula is C59H100NO8P. The van der Waals surface area contributed by atoms with Crippen LogP contribution in [-0.4, -0.2) is 49.3 Å². The van der Waals surface area contributed by atoms with E-state index < -0.39 is 32.5 Å². The number of nitrogens with two attached hydrogens (primary N) is 1. The fraction of sp³-hybridized carbons (Fsp3) is 0.661. The zero-order valence-corrected chi connectivity index (χ0v) is 44.6. The van der Waals surface area contributed by atoms with E-state index in [2.05, 4.69) is 123 Å². The quantitative estimate of drug-likeness (QED) is 0.0264. The largest absolute Gasteiger partial charge is 0.472 e. The molecule has 0 saturated carbocycles. The first-order chi connectivity index (χ1) is 33.8. The molecule has 0 aliphatic carbocycles. The third-order valence-electron chi connectivity index (χ3n) is 11.1. The number of hydrogen-bond donors (Lipinski definition) is 2. The molecule has 0 amide bonds. The van der Waals surface area contributed by atoms with Crippen molar-refractivity contribution in [1.29, 1.82) is 0 Å². The molecule has 0 aromatic carbocycles. The average molecular weight is 982 g/mol. The van der Waals surface area contributed by atoms with E-state index in [4.69, 9.17) is 24.3 Å². The van der Waals surface area contributed by atoms with Gasteiger partial charge < -0.3 is 20.1 Å². The van der Waals surface area contributed by atoms with Crippen molar-refractivity contribution >= 4 is 19.8 Å². The van der Waals surface area contributed by atoms with Crippen LogP contribution in [-0.2, 0) is 32.7 Å². The number of unbranched alkanes of at least 4 members (excludes halogenated alkanes) is 19. The van der Waals surface area contributed by atoms with Gasteiger partial charge in [0.15, 0.2) is 6.10 Å². The molecule has 0 rings (SSSR count). The van der Waals surface area contributed by atoms with E-state index in [1.54, 1.807) is 0 Å². The zero-order chi connectivity index (χ0) is 50.2. The van der Waals surface area contributed by atoms with Gasteiger partial charge in [0.1, 0.15) is 6.61 Å². The highest BCUT2D eigenvalue weighted by Gasteiger charge is 2.26. The SMILES string of the molecule is CC/C=C\C/C=C\C/C=C\C/C=C\C/C=C\C/C=C\C/C=C\CCCCCCCCCCCCCCCC(=O)OC(COC(=O)CCCCCCC/C=C\C/C=C\CCC)COP(=O)(O)OCCN. The summed E-state index contributed by atoms with van der Waals surface area (Å²) in [4.78, 5) is 35.0. The molecule has 0 aromatic rings. The van der Waals surface area contributed by atoms with Crippen LogP contribution in [0.2, 0.25) is 0 Å². The highest BCUT2D eigenvalue weighted by molar-refractivity contribution is 7.47. The van der Waals surface area contributed by atoms with E-state index >= 15 is 0 Å². The predicted octanol–water partition coefficient (Wildman–Crippen LogP) is 17.1. The van der Waals surface area contributed by atoms with E-state index in [9.17, 15) is 19.0 Å². The van der Waals surface area contributed by atoms with Gasteiger partial charge in [-0.3, -0.25) is 18.6 Å². The molecule has 0 aliphatic heterocycles. The first-order valence-corrected chi connectivity index (χ1v) is 28.9. The Morgan fingerprint density at radius 2 is 0.797 bits per heavy atom. The van der Waals surface area contributed by atoms with Gasteiger partial charge in [-0.15, -0.1) is 0 Å². The highest BCUT2D eigenvalue weighted by Crippen LogP contribution is 2.43. The molecule has 0 aliphatic rings. The molecule has 394 valence electrons. The Morgan fingerprint density at radius 1 is 0.449 bits per heavy atom. The van der Waals surface area contributed by atoms with Crippen LogP contribution in [0.5, 0.6) is 0 Å². The van der Waals surface area contributed by atoms with E-state index in [1.807, 2.05) is 0 Å². The van der Waals surface area contributed by atoms with Gasteiger partial charge in [0.25, 0.3) is 0 Å². The van der Waals surface area contributed by atoms with Crippen LogP contribution in [0.1, 0.15) is 219 Å². The number of carbonyl (C=O) groups excluding carboxylic acids is 2. The number of esters is 2. The number of allylic oxidation sites excluding steroid dienone is 18. The van der Waals surface area contributed by atoms with Gasteiger partial charge in [0.05, 0.1) is 13.2 Å². The summed E-state index contributed by atoms with van der Waals surface area (Å²) in [5.74, 6) is -0.851. The van der Waals surface area contributed by atoms with Crippen molar-refractivity contribution in [1.82, 2.24) is 0 Å². The van der Waals surface area contributed by atoms with Crippen molar-refractivity contribution in [2.45, 2.75) is 225 Å². The minimum atomic E-state index is -4.39. The monoisotopic (exact) mass is 982 g/mol. The minimum absolute atomic E-state index is 0.0469.